The van der Waals surface area contributed by atoms with Crippen molar-refractivity contribution in [2.75, 3.05) is 19.6 Å². The smallest absolute Gasteiger partial charge is 0.343 e. The van der Waals surface area contributed by atoms with E-state index in [1.807, 2.05) is 4.90 Å². The van der Waals surface area contributed by atoms with Gasteiger partial charge >= 0.3 is 6.18 Å². The van der Waals surface area contributed by atoms with Gasteiger partial charge in [-0.15, -0.1) is 0 Å². The van der Waals surface area contributed by atoms with Crippen LogP contribution >= 0.6 is 0 Å². The van der Waals surface area contributed by atoms with Gasteiger partial charge in [0.2, 0.25) is 5.91 Å². The highest BCUT2D eigenvalue weighted by Crippen LogP contribution is 2.37. The Labute approximate surface area is 117 Å². The molecule has 2 fully saturated rings. The third kappa shape index (κ3) is 4.36. The first-order chi connectivity index (χ1) is 9.47. The van der Waals surface area contributed by atoms with E-state index in [2.05, 4.69) is 5.32 Å². The van der Waals surface area contributed by atoms with Crippen LogP contribution < -0.4 is 5.32 Å². The number of carbonyl (C=O) groups excluding carboxylic acids is 1. The Morgan fingerprint density at radius 3 is 2.70 bits per heavy atom. The number of nitrogens with zero attached hydrogens (tertiary/aromatic N) is 1. The average molecular weight is 292 g/mol. The minimum Gasteiger partial charge on any atom is -0.343 e. The first kappa shape index (κ1) is 15.6. The number of hydrogen-bond acceptors (Lipinski definition) is 2. The predicted molar refractivity (Wildman–Crippen MR) is 70.2 cm³/mol. The van der Waals surface area contributed by atoms with Crippen LogP contribution in [0.15, 0.2) is 0 Å². The number of hydrogen-bond donors (Lipinski definition) is 1. The van der Waals surface area contributed by atoms with Crippen LogP contribution in [0.1, 0.15) is 44.9 Å². The van der Waals surface area contributed by atoms with Crippen molar-refractivity contribution in [3.8, 4) is 0 Å². The van der Waals surface area contributed by atoms with E-state index in [4.69, 9.17) is 0 Å². The van der Waals surface area contributed by atoms with Crippen molar-refractivity contribution in [3.05, 3.63) is 0 Å². The lowest BCUT2D eigenvalue weighted by Gasteiger charge is -2.31. The maximum Gasteiger partial charge on any atom is 0.391 e. The van der Waals surface area contributed by atoms with Gasteiger partial charge in [0.25, 0.3) is 0 Å². The van der Waals surface area contributed by atoms with Crippen molar-refractivity contribution in [2.24, 2.45) is 5.92 Å². The van der Waals surface area contributed by atoms with Crippen LogP contribution in [0.2, 0.25) is 0 Å². The Morgan fingerprint density at radius 2 is 2.05 bits per heavy atom. The quantitative estimate of drug-likeness (QED) is 0.790. The van der Waals surface area contributed by atoms with Gasteiger partial charge in [-0.3, -0.25) is 4.79 Å². The van der Waals surface area contributed by atoms with Gasteiger partial charge in [-0.05, 0) is 38.6 Å². The molecule has 1 heterocycles. The van der Waals surface area contributed by atoms with E-state index in [0.717, 1.165) is 32.4 Å². The fourth-order valence-electron chi connectivity index (χ4n) is 3.19. The van der Waals surface area contributed by atoms with Gasteiger partial charge in [0, 0.05) is 25.6 Å². The summed E-state index contributed by atoms with van der Waals surface area (Å²) in [6.45, 7) is 2.25. The number of amides is 1. The number of alkyl halides is 3. The topological polar surface area (TPSA) is 32.3 Å². The summed E-state index contributed by atoms with van der Waals surface area (Å²) in [7, 11) is 0. The number of nitrogens with one attached hydrogen (secondary N) is 1. The second-order valence-corrected chi connectivity index (χ2v) is 5.89. The van der Waals surface area contributed by atoms with E-state index in [1.165, 1.54) is 0 Å². The lowest BCUT2D eigenvalue weighted by atomic mass is 9.85. The van der Waals surface area contributed by atoms with Gasteiger partial charge in [-0.1, -0.05) is 6.42 Å². The summed E-state index contributed by atoms with van der Waals surface area (Å²) in [5.41, 5.74) is 0. The van der Waals surface area contributed by atoms with Gasteiger partial charge in [0.15, 0.2) is 0 Å². The van der Waals surface area contributed by atoms with Gasteiger partial charge in [-0.2, -0.15) is 13.2 Å². The number of likely N-dealkylation sites (tertiary alicyclic amines) is 1. The molecule has 0 aromatic heterocycles. The zero-order valence-corrected chi connectivity index (χ0v) is 11.7. The Morgan fingerprint density at radius 1 is 1.25 bits per heavy atom. The molecular weight excluding hydrogens is 269 g/mol. The number of rotatable bonds is 5. The summed E-state index contributed by atoms with van der Waals surface area (Å²) >= 11 is 0. The van der Waals surface area contributed by atoms with E-state index in [1.54, 1.807) is 0 Å². The van der Waals surface area contributed by atoms with Crippen LogP contribution in [-0.2, 0) is 4.79 Å². The maximum atomic E-state index is 12.7. The molecule has 20 heavy (non-hydrogen) atoms. The second-order valence-electron chi connectivity index (χ2n) is 5.89. The first-order valence-electron chi connectivity index (χ1n) is 7.54. The number of carbonyl (C=O) groups is 1. The molecule has 1 aliphatic carbocycles. The molecule has 0 unspecified atom stereocenters. The fourth-order valence-corrected chi connectivity index (χ4v) is 3.19. The predicted octanol–water partition coefficient (Wildman–Crippen LogP) is 2.71. The molecular formula is C14H23F3N2O. The normalized spacial score (nSPS) is 28.1. The van der Waals surface area contributed by atoms with Crippen molar-refractivity contribution >= 4 is 5.91 Å². The van der Waals surface area contributed by atoms with E-state index < -0.39 is 12.1 Å². The van der Waals surface area contributed by atoms with Crippen molar-refractivity contribution in [2.45, 2.75) is 57.2 Å². The summed E-state index contributed by atoms with van der Waals surface area (Å²) in [5, 5.41) is 3.22. The van der Waals surface area contributed by atoms with Crippen molar-refractivity contribution in [1.82, 2.24) is 10.2 Å². The van der Waals surface area contributed by atoms with Crippen LogP contribution in [0.3, 0.4) is 0 Å². The van der Waals surface area contributed by atoms with Gasteiger partial charge in [0.1, 0.15) is 0 Å². The van der Waals surface area contributed by atoms with Gasteiger partial charge in [0.05, 0.1) is 5.92 Å². The van der Waals surface area contributed by atoms with Crippen LogP contribution in [0.5, 0.6) is 0 Å². The largest absolute Gasteiger partial charge is 0.391 e. The van der Waals surface area contributed by atoms with Crippen LogP contribution in [-0.4, -0.2) is 42.7 Å². The molecule has 2 aliphatic rings. The van der Waals surface area contributed by atoms with E-state index in [9.17, 15) is 18.0 Å². The third-order valence-electron chi connectivity index (χ3n) is 4.35. The Bertz CT molecular complexity index is 333. The van der Waals surface area contributed by atoms with Crippen molar-refractivity contribution in [1.29, 1.82) is 0 Å². The molecule has 0 aromatic carbocycles. The molecule has 2 atom stereocenters. The maximum absolute atomic E-state index is 12.7. The summed E-state index contributed by atoms with van der Waals surface area (Å²) in [5.74, 6) is -0.936. The van der Waals surface area contributed by atoms with Crippen LogP contribution in [0.4, 0.5) is 13.2 Å². The minimum absolute atomic E-state index is 0.0235. The fraction of sp³-hybridized carbons (Fsp3) is 0.929. The van der Waals surface area contributed by atoms with Crippen molar-refractivity contribution in [3.63, 3.8) is 0 Å². The molecule has 0 radical (unpaired) electrons. The molecule has 0 spiro atoms. The Hall–Kier alpha value is -0.780. The molecule has 1 N–H and O–H groups in total. The summed E-state index contributed by atoms with van der Waals surface area (Å²) in [6, 6.07) is -0.0235. The summed E-state index contributed by atoms with van der Waals surface area (Å²) < 4.78 is 38.0. The highest BCUT2D eigenvalue weighted by atomic mass is 19.4. The molecule has 0 bridgehead atoms. The molecule has 6 heteroatoms. The lowest BCUT2D eigenvalue weighted by Crippen LogP contribution is -2.39. The summed E-state index contributed by atoms with van der Waals surface area (Å²) in [4.78, 5) is 13.3. The standard InChI is InChI=1S/C14H23F3N2O/c15-14(16,17)11-4-1-5-12(10-11)18-7-3-9-19-8-2-6-13(19)20/h11-12,18H,1-10H2/t11-,12-/m1/s1. The molecule has 116 valence electrons. The van der Waals surface area contributed by atoms with Gasteiger partial charge in [-0.25, -0.2) is 0 Å². The van der Waals surface area contributed by atoms with E-state index >= 15 is 0 Å². The third-order valence-corrected chi connectivity index (χ3v) is 4.35. The molecule has 3 nitrogen and oxygen atoms in total. The first-order valence-corrected chi connectivity index (χ1v) is 7.54. The van der Waals surface area contributed by atoms with Crippen LogP contribution in [0.25, 0.3) is 0 Å². The van der Waals surface area contributed by atoms with E-state index in [0.29, 0.717) is 19.4 Å². The second kappa shape index (κ2) is 6.78. The highest BCUT2D eigenvalue weighted by Gasteiger charge is 2.41. The SMILES string of the molecule is O=C1CCCN1CCCN[C@@H]1CCC[C@@H](C(F)(F)F)C1. The molecule has 1 saturated heterocycles. The van der Waals surface area contributed by atoms with Gasteiger partial charge < -0.3 is 10.2 Å². The van der Waals surface area contributed by atoms with Crippen molar-refractivity contribution < 1.29 is 18.0 Å². The average Bonchev–Trinajstić information content (AvgIpc) is 2.80. The van der Waals surface area contributed by atoms with E-state index in [-0.39, 0.29) is 24.8 Å². The zero-order valence-electron chi connectivity index (χ0n) is 11.7. The Kier molecular flexibility index (Phi) is 5.29. The van der Waals surface area contributed by atoms with Crippen LogP contribution in [0, 0.1) is 5.92 Å². The highest BCUT2D eigenvalue weighted by molar-refractivity contribution is 5.77. The molecule has 2 rings (SSSR count). The number of halogens is 3. The minimum atomic E-state index is -4.05. The Balaban J connectivity index is 1.63. The molecule has 1 aliphatic heterocycles. The molecule has 1 amide bonds. The molecule has 1 saturated carbocycles. The lowest BCUT2D eigenvalue weighted by molar-refractivity contribution is -0.183. The zero-order chi connectivity index (χ0) is 14.6. The molecule has 0 aromatic rings. The summed E-state index contributed by atoms with van der Waals surface area (Å²) in [6.07, 6.45) is 0.282. The monoisotopic (exact) mass is 292 g/mol.